The number of aryl methyl sites for hydroxylation is 1. The van der Waals surface area contributed by atoms with Crippen molar-refractivity contribution in [1.29, 1.82) is 0 Å². The average molecular weight is 220 g/mol. The second-order valence-corrected chi connectivity index (χ2v) is 4.69. The van der Waals surface area contributed by atoms with Crippen LogP contribution in [0.15, 0.2) is 30.3 Å². The van der Waals surface area contributed by atoms with Crippen molar-refractivity contribution < 1.29 is 9.47 Å². The van der Waals surface area contributed by atoms with E-state index in [9.17, 15) is 0 Å². The maximum Gasteiger partial charge on any atom is 0.166 e. The molecule has 0 N–H and O–H groups in total. The smallest absolute Gasteiger partial charge is 0.166 e. The van der Waals surface area contributed by atoms with Crippen molar-refractivity contribution in [2.75, 3.05) is 6.61 Å². The molecule has 1 heterocycles. The van der Waals surface area contributed by atoms with Gasteiger partial charge in [-0.15, -0.1) is 0 Å². The third kappa shape index (κ3) is 3.06. The van der Waals surface area contributed by atoms with E-state index < -0.39 is 5.79 Å². The molecule has 2 rings (SSSR count). The minimum absolute atomic E-state index is 0.314. The molecule has 2 heteroatoms. The Balaban J connectivity index is 1.89. The molecule has 88 valence electrons. The zero-order valence-corrected chi connectivity index (χ0v) is 10.1. The quantitative estimate of drug-likeness (QED) is 0.779. The van der Waals surface area contributed by atoms with Crippen molar-refractivity contribution in [1.82, 2.24) is 0 Å². The van der Waals surface area contributed by atoms with Gasteiger partial charge in [0.05, 0.1) is 12.7 Å². The average Bonchev–Trinajstić information content (AvgIpc) is 2.28. The van der Waals surface area contributed by atoms with Gasteiger partial charge < -0.3 is 9.47 Å². The molecule has 2 nitrogen and oxygen atoms in total. The fourth-order valence-corrected chi connectivity index (χ4v) is 2.11. The van der Waals surface area contributed by atoms with E-state index in [0.29, 0.717) is 6.10 Å². The minimum atomic E-state index is -0.395. The first-order chi connectivity index (χ1) is 7.68. The summed E-state index contributed by atoms with van der Waals surface area (Å²) in [4.78, 5) is 0. The first-order valence-corrected chi connectivity index (χ1v) is 6.04. The lowest BCUT2D eigenvalue weighted by Crippen LogP contribution is -2.41. The van der Waals surface area contributed by atoms with Crippen LogP contribution in [0.2, 0.25) is 0 Å². The summed E-state index contributed by atoms with van der Waals surface area (Å²) in [5.41, 5.74) is 1.34. The van der Waals surface area contributed by atoms with E-state index in [1.54, 1.807) is 0 Å². The molecule has 0 bridgehead atoms. The molecule has 2 atom stereocenters. The Morgan fingerprint density at radius 2 is 2.06 bits per heavy atom. The maximum absolute atomic E-state index is 5.87. The van der Waals surface area contributed by atoms with Crippen molar-refractivity contribution in [3.05, 3.63) is 35.9 Å². The normalized spacial score (nSPS) is 30.2. The lowest BCUT2D eigenvalue weighted by Gasteiger charge is -2.37. The monoisotopic (exact) mass is 220 g/mol. The van der Waals surface area contributed by atoms with Crippen LogP contribution >= 0.6 is 0 Å². The van der Waals surface area contributed by atoms with E-state index in [0.717, 1.165) is 25.9 Å². The first-order valence-electron chi connectivity index (χ1n) is 6.04. The molecular weight excluding hydrogens is 200 g/mol. The molecule has 0 saturated carbocycles. The number of hydrogen-bond donors (Lipinski definition) is 0. The van der Waals surface area contributed by atoms with Gasteiger partial charge in [-0.2, -0.15) is 0 Å². The van der Waals surface area contributed by atoms with Gasteiger partial charge in [0, 0.05) is 6.42 Å². The van der Waals surface area contributed by atoms with Crippen LogP contribution in [0, 0.1) is 0 Å². The lowest BCUT2D eigenvalue weighted by molar-refractivity contribution is -0.282. The molecular formula is C14H20O2. The summed E-state index contributed by atoms with van der Waals surface area (Å²) in [6.45, 7) is 4.97. The van der Waals surface area contributed by atoms with E-state index in [2.05, 4.69) is 31.2 Å². The molecule has 0 amide bonds. The molecule has 0 aromatic heterocycles. The van der Waals surface area contributed by atoms with Gasteiger partial charge in [0.15, 0.2) is 5.79 Å². The predicted octanol–water partition coefficient (Wildman–Crippen LogP) is 3.16. The molecule has 0 spiro atoms. The van der Waals surface area contributed by atoms with Gasteiger partial charge in [-0.3, -0.25) is 0 Å². The van der Waals surface area contributed by atoms with Crippen molar-refractivity contribution in [3.63, 3.8) is 0 Å². The Bertz CT molecular complexity index is 323. The Kier molecular flexibility index (Phi) is 3.62. The molecule has 1 aromatic rings. The highest BCUT2D eigenvalue weighted by Crippen LogP contribution is 2.27. The van der Waals surface area contributed by atoms with Gasteiger partial charge >= 0.3 is 0 Å². The SMILES string of the molecule is C[C@H]1CCO[C@@](C)(CCc2ccccc2)O1. The van der Waals surface area contributed by atoms with Crippen LogP contribution in [0.25, 0.3) is 0 Å². The summed E-state index contributed by atoms with van der Waals surface area (Å²) < 4.78 is 11.6. The van der Waals surface area contributed by atoms with Crippen LogP contribution in [0.5, 0.6) is 0 Å². The van der Waals surface area contributed by atoms with Crippen LogP contribution in [-0.4, -0.2) is 18.5 Å². The van der Waals surface area contributed by atoms with Gasteiger partial charge in [0.1, 0.15) is 0 Å². The van der Waals surface area contributed by atoms with Crippen LogP contribution < -0.4 is 0 Å². The molecule has 0 unspecified atom stereocenters. The summed E-state index contributed by atoms with van der Waals surface area (Å²) in [5.74, 6) is -0.395. The van der Waals surface area contributed by atoms with E-state index in [4.69, 9.17) is 9.47 Å². The number of ether oxygens (including phenoxy) is 2. The van der Waals surface area contributed by atoms with E-state index in [1.165, 1.54) is 5.56 Å². The van der Waals surface area contributed by atoms with E-state index in [1.807, 2.05) is 13.0 Å². The molecule has 1 aliphatic rings. The van der Waals surface area contributed by atoms with Crippen LogP contribution in [-0.2, 0) is 15.9 Å². The summed E-state index contributed by atoms with van der Waals surface area (Å²) in [7, 11) is 0. The topological polar surface area (TPSA) is 18.5 Å². The van der Waals surface area contributed by atoms with Gasteiger partial charge in [-0.05, 0) is 32.3 Å². The van der Waals surface area contributed by atoms with Crippen molar-refractivity contribution >= 4 is 0 Å². The largest absolute Gasteiger partial charge is 0.350 e. The molecule has 1 fully saturated rings. The third-order valence-corrected chi connectivity index (χ3v) is 3.09. The number of rotatable bonds is 3. The Morgan fingerprint density at radius 3 is 2.75 bits per heavy atom. The summed E-state index contributed by atoms with van der Waals surface area (Å²) >= 11 is 0. The fraction of sp³-hybridized carbons (Fsp3) is 0.571. The van der Waals surface area contributed by atoms with E-state index >= 15 is 0 Å². The van der Waals surface area contributed by atoms with E-state index in [-0.39, 0.29) is 0 Å². The second kappa shape index (κ2) is 4.98. The molecule has 0 radical (unpaired) electrons. The highest BCUT2D eigenvalue weighted by Gasteiger charge is 2.31. The summed E-state index contributed by atoms with van der Waals surface area (Å²) in [6.07, 6.45) is 3.24. The van der Waals surface area contributed by atoms with Crippen molar-refractivity contribution in [3.8, 4) is 0 Å². The molecule has 0 aliphatic carbocycles. The second-order valence-electron chi connectivity index (χ2n) is 4.69. The Labute approximate surface area is 97.6 Å². The van der Waals surface area contributed by atoms with Gasteiger partial charge in [0.2, 0.25) is 0 Å². The van der Waals surface area contributed by atoms with Crippen LogP contribution in [0.3, 0.4) is 0 Å². The third-order valence-electron chi connectivity index (χ3n) is 3.09. The highest BCUT2D eigenvalue weighted by molar-refractivity contribution is 5.14. The fourth-order valence-electron chi connectivity index (χ4n) is 2.11. The Morgan fingerprint density at radius 1 is 1.31 bits per heavy atom. The number of hydrogen-bond acceptors (Lipinski definition) is 2. The highest BCUT2D eigenvalue weighted by atomic mass is 16.7. The van der Waals surface area contributed by atoms with Gasteiger partial charge in [0.25, 0.3) is 0 Å². The zero-order valence-electron chi connectivity index (χ0n) is 10.1. The zero-order chi connectivity index (χ0) is 11.4. The maximum atomic E-state index is 5.87. The van der Waals surface area contributed by atoms with Crippen LogP contribution in [0.1, 0.15) is 32.3 Å². The molecule has 1 aliphatic heterocycles. The molecule has 1 aromatic carbocycles. The van der Waals surface area contributed by atoms with Crippen LogP contribution in [0.4, 0.5) is 0 Å². The minimum Gasteiger partial charge on any atom is -0.350 e. The number of benzene rings is 1. The lowest BCUT2D eigenvalue weighted by atomic mass is 10.0. The predicted molar refractivity (Wildman–Crippen MR) is 64.3 cm³/mol. The van der Waals surface area contributed by atoms with Crippen molar-refractivity contribution in [2.24, 2.45) is 0 Å². The summed E-state index contributed by atoms with van der Waals surface area (Å²) in [5, 5.41) is 0. The summed E-state index contributed by atoms with van der Waals surface area (Å²) in [6, 6.07) is 10.5. The van der Waals surface area contributed by atoms with Gasteiger partial charge in [-0.1, -0.05) is 30.3 Å². The first kappa shape index (κ1) is 11.6. The Hall–Kier alpha value is -0.860. The van der Waals surface area contributed by atoms with Crippen molar-refractivity contribution in [2.45, 2.75) is 45.0 Å². The molecule has 1 saturated heterocycles. The molecule has 16 heavy (non-hydrogen) atoms. The van der Waals surface area contributed by atoms with Gasteiger partial charge in [-0.25, -0.2) is 0 Å². The standard InChI is InChI=1S/C14H20O2/c1-12-9-11-15-14(2,16-12)10-8-13-6-4-3-5-7-13/h3-7,12H,8-11H2,1-2H3/t12-,14+/m0/s1.